The zero-order valence-corrected chi connectivity index (χ0v) is 6.31. The molecule has 0 aliphatic heterocycles. The van der Waals surface area contributed by atoms with E-state index in [0.717, 1.165) is 0 Å². The highest BCUT2D eigenvalue weighted by molar-refractivity contribution is 6.20. The molecule has 0 rings (SSSR count). The number of alkyl halides is 1. The monoisotopic (exact) mass is 150 g/mol. The molecule has 0 aromatic rings. The number of rotatable bonds is 2. The maximum absolute atomic E-state index is 8.21. The van der Waals surface area contributed by atoms with E-state index in [0.29, 0.717) is 5.88 Å². The normalized spacial score (nSPS) is 13.9. The summed E-state index contributed by atoms with van der Waals surface area (Å²) in [6.45, 7) is 3.60. The number of halogens is 1. The van der Waals surface area contributed by atoms with Crippen molar-refractivity contribution in [1.82, 2.24) is 0 Å². The van der Waals surface area contributed by atoms with E-state index in [9.17, 15) is 0 Å². The molecule has 9 heavy (non-hydrogen) atoms. The lowest BCUT2D eigenvalue weighted by atomic mass is 9.95. The predicted octanol–water partition coefficient (Wildman–Crippen LogP) is 0.998. The second-order valence-corrected chi connectivity index (χ2v) is 2.77. The summed E-state index contributed by atoms with van der Waals surface area (Å²) in [6, 6.07) is 0. The first-order valence-electron chi connectivity index (χ1n) is 2.58. The van der Waals surface area contributed by atoms with E-state index in [1.165, 1.54) is 0 Å². The van der Waals surface area contributed by atoms with Crippen molar-refractivity contribution in [2.45, 2.75) is 13.8 Å². The van der Waals surface area contributed by atoms with Crippen LogP contribution in [0.5, 0.6) is 0 Å². The molecule has 0 saturated carbocycles. The third-order valence-electron chi connectivity index (χ3n) is 1.14. The molecule has 3 nitrogen and oxygen atoms in total. The van der Waals surface area contributed by atoms with Gasteiger partial charge >= 0.3 is 0 Å². The summed E-state index contributed by atoms with van der Waals surface area (Å²) in [5.41, 5.74) is 4.87. The minimum absolute atomic E-state index is 0.164. The largest absolute Gasteiger partial charge is 0.409 e. The van der Waals surface area contributed by atoms with E-state index in [-0.39, 0.29) is 5.84 Å². The van der Waals surface area contributed by atoms with Crippen LogP contribution in [-0.4, -0.2) is 16.9 Å². The van der Waals surface area contributed by atoms with Gasteiger partial charge in [0.15, 0.2) is 0 Å². The van der Waals surface area contributed by atoms with Crippen molar-refractivity contribution in [1.29, 1.82) is 0 Å². The molecule has 0 spiro atoms. The van der Waals surface area contributed by atoms with Crippen LogP contribution in [0.3, 0.4) is 0 Å². The summed E-state index contributed by atoms with van der Waals surface area (Å²) in [4.78, 5) is 0. The number of hydrogen-bond acceptors (Lipinski definition) is 2. The molecule has 0 aromatic heterocycles. The Hall–Kier alpha value is -0.440. The molecular weight excluding hydrogens is 140 g/mol. The Balaban J connectivity index is 4.14. The zero-order chi connectivity index (χ0) is 7.49. The molecule has 0 bridgehead atoms. The summed E-state index contributed by atoms with van der Waals surface area (Å²) < 4.78 is 0. The molecular formula is C5H11ClN2O. The highest BCUT2D eigenvalue weighted by Gasteiger charge is 2.21. The highest BCUT2D eigenvalue weighted by atomic mass is 35.5. The van der Waals surface area contributed by atoms with Gasteiger partial charge in [-0.2, -0.15) is 0 Å². The average molecular weight is 151 g/mol. The van der Waals surface area contributed by atoms with Crippen LogP contribution >= 0.6 is 11.6 Å². The van der Waals surface area contributed by atoms with Gasteiger partial charge in [0.2, 0.25) is 0 Å². The predicted molar refractivity (Wildman–Crippen MR) is 37.9 cm³/mol. The molecule has 0 saturated heterocycles. The second-order valence-electron chi connectivity index (χ2n) is 2.50. The maximum atomic E-state index is 8.21. The number of oxime groups is 1. The Morgan fingerprint density at radius 1 is 1.78 bits per heavy atom. The summed E-state index contributed by atoms with van der Waals surface area (Å²) in [5.74, 6) is 0.514. The first-order valence-corrected chi connectivity index (χ1v) is 3.12. The van der Waals surface area contributed by atoms with Gasteiger partial charge in [0, 0.05) is 11.3 Å². The fraction of sp³-hybridized carbons (Fsp3) is 0.800. The molecule has 0 amide bonds. The van der Waals surface area contributed by atoms with Crippen molar-refractivity contribution in [3.05, 3.63) is 0 Å². The number of hydrogen-bond donors (Lipinski definition) is 2. The summed E-state index contributed by atoms with van der Waals surface area (Å²) in [7, 11) is 0. The molecule has 0 radical (unpaired) electrons. The zero-order valence-electron chi connectivity index (χ0n) is 5.56. The number of nitrogens with two attached hydrogens (primary N) is 1. The molecule has 0 heterocycles. The first kappa shape index (κ1) is 8.56. The molecule has 0 aliphatic rings. The highest BCUT2D eigenvalue weighted by Crippen LogP contribution is 2.16. The van der Waals surface area contributed by atoms with Crippen molar-refractivity contribution in [3.63, 3.8) is 0 Å². The Bertz CT molecular complexity index is 122. The third kappa shape index (κ3) is 2.10. The Morgan fingerprint density at radius 2 is 2.22 bits per heavy atom. The van der Waals surface area contributed by atoms with E-state index in [4.69, 9.17) is 22.5 Å². The molecule has 4 heteroatoms. The lowest BCUT2D eigenvalue weighted by Gasteiger charge is -2.18. The standard InChI is InChI=1S/C5H11ClN2O/c1-5(2,3-6)4(7)8-9/h9H,3H2,1-2H3,(H2,7,8). The minimum atomic E-state index is -0.406. The van der Waals surface area contributed by atoms with Crippen LogP contribution in [0.4, 0.5) is 0 Å². The van der Waals surface area contributed by atoms with Gasteiger partial charge in [-0.1, -0.05) is 19.0 Å². The van der Waals surface area contributed by atoms with E-state index in [1.807, 2.05) is 0 Å². The Morgan fingerprint density at radius 3 is 2.33 bits per heavy atom. The van der Waals surface area contributed by atoms with Gasteiger partial charge in [-0.25, -0.2) is 0 Å². The third-order valence-corrected chi connectivity index (χ3v) is 1.80. The van der Waals surface area contributed by atoms with Crippen LogP contribution in [0, 0.1) is 5.41 Å². The van der Waals surface area contributed by atoms with Crippen LogP contribution < -0.4 is 5.73 Å². The van der Waals surface area contributed by atoms with Crippen LogP contribution in [0.15, 0.2) is 5.16 Å². The first-order chi connectivity index (χ1) is 4.04. The minimum Gasteiger partial charge on any atom is -0.409 e. The molecule has 0 aliphatic carbocycles. The number of nitrogens with zero attached hydrogens (tertiary/aromatic N) is 1. The van der Waals surface area contributed by atoms with Crippen molar-refractivity contribution < 1.29 is 5.21 Å². The summed E-state index contributed by atoms with van der Waals surface area (Å²) >= 11 is 5.49. The van der Waals surface area contributed by atoms with Crippen molar-refractivity contribution >= 4 is 17.4 Å². The van der Waals surface area contributed by atoms with Crippen LogP contribution in [-0.2, 0) is 0 Å². The topological polar surface area (TPSA) is 58.6 Å². The average Bonchev–Trinajstić information content (AvgIpc) is 1.86. The van der Waals surface area contributed by atoms with Gasteiger partial charge < -0.3 is 10.9 Å². The second kappa shape index (κ2) is 2.92. The van der Waals surface area contributed by atoms with Gasteiger partial charge in [0.1, 0.15) is 5.84 Å². The van der Waals surface area contributed by atoms with Crippen LogP contribution in [0.25, 0.3) is 0 Å². The fourth-order valence-electron chi connectivity index (χ4n) is 0.204. The SMILES string of the molecule is CC(C)(CCl)/C(N)=N/O. The van der Waals surface area contributed by atoms with Crippen molar-refractivity contribution in [2.75, 3.05) is 5.88 Å². The Kier molecular flexibility index (Phi) is 2.77. The molecule has 0 fully saturated rings. The van der Waals surface area contributed by atoms with Gasteiger partial charge in [0.25, 0.3) is 0 Å². The fourth-order valence-corrected chi connectivity index (χ4v) is 0.341. The van der Waals surface area contributed by atoms with Gasteiger partial charge in [-0.05, 0) is 0 Å². The van der Waals surface area contributed by atoms with Crippen LogP contribution in [0.2, 0.25) is 0 Å². The summed E-state index contributed by atoms with van der Waals surface area (Å²) in [5, 5.41) is 11.0. The van der Waals surface area contributed by atoms with E-state index < -0.39 is 5.41 Å². The van der Waals surface area contributed by atoms with E-state index >= 15 is 0 Å². The number of amidine groups is 1. The van der Waals surface area contributed by atoms with Gasteiger partial charge in [-0.3, -0.25) is 0 Å². The lowest BCUT2D eigenvalue weighted by Crippen LogP contribution is -2.33. The van der Waals surface area contributed by atoms with Crippen LogP contribution in [0.1, 0.15) is 13.8 Å². The van der Waals surface area contributed by atoms with E-state index in [1.54, 1.807) is 13.8 Å². The van der Waals surface area contributed by atoms with Gasteiger partial charge in [-0.15, -0.1) is 11.6 Å². The van der Waals surface area contributed by atoms with E-state index in [2.05, 4.69) is 5.16 Å². The quantitative estimate of drug-likeness (QED) is 0.203. The van der Waals surface area contributed by atoms with Crippen molar-refractivity contribution in [2.24, 2.45) is 16.3 Å². The molecule has 3 N–H and O–H groups in total. The maximum Gasteiger partial charge on any atom is 0.146 e. The lowest BCUT2D eigenvalue weighted by molar-refractivity contribution is 0.310. The van der Waals surface area contributed by atoms with Crippen molar-refractivity contribution in [3.8, 4) is 0 Å². The Labute approximate surface area is 59.5 Å². The molecule has 54 valence electrons. The smallest absolute Gasteiger partial charge is 0.146 e. The molecule has 0 unspecified atom stereocenters. The molecule has 0 aromatic carbocycles. The summed E-state index contributed by atoms with van der Waals surface area (Å²) in [6.07, 6.45) is 0. The van der Waals surface area contributed by atoms with Gasteiger partial charge in [0.05, 0.1) is 0 Å². The molecule has 0 atom stereocenters.